The Kier molecular flexibility index (Phi) is 6.44. The molecule has 3 N–H and O–H groups in total. The summed E-state index contributed by atoms with van der Waals surface area (Å²) in [6, 6.07) is 7.24. The van der Waals surface area contributed by atoms with Crippen molar-refractivity contribution in [3.63, 3.8) is 0 Å². The first-order valence-electron chi connectivity index (χ1n) is 6.62. The average molecular weight is 315 g/mol. The largest absolute Gasteiger partial charge is 0.449 e. The monoisotopic (exact) mass is 315 g/mol. The molecular weight excluding hydrogens is 294 g/mol. The number of benzene rings is 1. The molecule has 0 unspecified atom stereocenters. The van der Waals surface area contributed by atoms with Crippen molar-refractivity contribution < 1.29 is 17.9 Å². The number of anilines is 1. The highest BCUT2D eigenvalue weighted by Crippen LogP contribution is 2.12. The summed E-state index contributed by atoms with van der Waals surface area (Å²) in [5, 5.41) is 3.23. The highest BCUT2D eigenvalue weighted by Gasteiger charge is 2.15. The third-order valence-corrected chi connectivity index (χ3v) is 3.33. The maximum Gasteiger partial charge on any atom is 0.422 e. The number of carbonyl (C=O) groups is 1. The van der Waals surface area contributed by atoms with Gasteiger partial charge in [-0.1, -0.05) is 26.0 Å². The Labute approximate surface area is 125 Å². The van der Waals surface area contributed by atoms with E-state index in [1.807, 2.05) is 19.9 Å². The highest BCUT2D eigenvalue weighted by atomic mass is 32.2. The first-order chi connectivity index (χ1) is 9.82. The van der Waals surface area contributed by atoms with Crippen molar-refractivity contribution >= 4 is 22.0 Å². The number of hydrogen-bond donors (Lipinski definition) is 3. The SMILES string of the molecule is CCOC(=O)NS(=O)(=O)Nc1cccc(CNC(C)C)c1. The summed E-state index contributed by atoms with van der Waals surface area (Å²) in [6.45, 7) is 6.35. The molecule has 8 heteroatoms. The zero-order chi connectivity index (χ0) is 15.9. The second-order valence-corrected chi connectivity index (χ2v) is 6.08. The lowest BCUT2D eigenvalue weighted by molar-refractivity contribution is 0.159. The molecule has 0 aliphatic carbocycles. The number of ether oxygens (including phenoxy) is 1. The van der Waals surface area contributed by atoms with Crippen LogP contribution in [0.25, 0.3) is 0 Å². The van der Waals surface area contributed by atoms with E-state index in [1.165, 1.54) is 0 Å². The first kappa shape index (κ1) is 17.3. The third-order valence-electron chi connectivity index (χ3n) is 2.39. The summed E-state index contributed by atoms with van der Waals surface area (Å²) in [4.78, 5) is 11.1. The van der Waals surface area contributed by atoms with Crippen LogP contribution < -0.4 is 14.8 Å². The van der Waals surface area contributed by atoms with Crippen molar-refractivity contribution in [2.24, 2.45) is 0 Å². The molecule has 0 saturated carbocycles. The van der Waals surface area contributed by atoms with Gasteiger partial charge in [-0.15, -0.1) is 0 Å². The van der Waals surface area contributed by atoms with Crippen LogP contribution in [0, 0.1) is 0 Å². The van der Waals surface area contributed by atoms with Gasteiger partial charge in [-0.05, 0) is 24.6 Å². The van der Waals surface area contributed by atoms with Crippen LogP contribution in [0.2, 0.25) is 0 Å². The molecule has 0 atom stereocenters. The Balaban J connectivity index is 2.69. The van der Waals surface area contributed by atoms with E-state index in [2.05, 4.69) is 14.8 Å². The van der Waals surface area contributed by atoms with Crippen LogP contribution in [-0.2, 0) is 21.5 Å². The molecule has 1 aromatic rings. The fourth-order valence-electron chi connectivity index (χ4n) is 1.52. The maximum absolute atomic E-state index is 11.7. The van der Waals surface area contributed by atoms with Crippen LogP contribution in [0.3, 0.4) is 0 Å². The van der Waals surface area contributed by atoms with Crippen LogP contribution >= 0.6 is 0 Å². The summed E-state index contributed by atoms with van der Waals surface area (Å²) in [5.41, 5.74) is 1.30. The highest BCUT2D eigenvalue weighted by molar-refractivity contribution is 7.91. The number of hydrogen-bond acceptors (Lipinski definition) is 5. The van der Waals surface area contributed by atoms with Crippen LogP contribution in [0.1, 0.15) is 26.3 Å². The van der Waals surface area contributed by atoms with E-state index >= 15 is 0 Å². The van der Waals surface area contributed by atoms with E-state index in [0.29, 0.717) is 18.3 Å². The second-order valence-electron chi connectivity index (χ2n) is 4.66. The molecule has 0 aromatic heterocycles. The molecule has 0 radical (unpaired) electrons. The third kappa shape index (κ3) is 6.96. The maximum atomic E-state index is 11.7. The molecule has 1 aromatic carbocycles. The summed E-state index contributed by atoms with van der Waals surface area (Å²) in [6.07, 6.45) is -1.01. The van der Waals surface area contributed by atoms with Crippen molar-refractivity contribution in [3.05, 3.63) is 29.8 Å². The first-order valence-corrected chi connectivity index (χ1v) is 8.10. The predicted molar refractivity (Wildman–Crippen MR) is 81.1 cm³/mol. The minimum absolute atomic E-state index is 0.0950. The van der Waals surface area contributed by atoms with E-state index in [0.717, 1.165) is 5.56 Å². The van der Waals surface area contributed by atoms with E-state index < -0.39 is 16.3 Å². The Hall–Kier alpha value is -1.80. The van der Waals surface area contributed by atoms with Gasteiger partial charge in [0.15, 0.2) is 0 Å². The molecule has 0 bridgehead atoms. The molecule has 0 aliphatic heterocycles. The normalized spacial score (nSPS) is 11.2. The minimum atomic E-state index is -4.00. The summed E-state index contributed by atoms with van der Waals surface area (Å²) in [7, 11) is -4.00. The molecular formula is C13H21N3O4S. The van der Waals surface area contributed by atoms with Gasteiger partial charge in [0.05, 0.1) is 12.3 Å². The van der Waals surface area contributed by atoms with Gasteiger partial charge in [0.25, 0.3) is 0 Å². The standard InChI is InChI=1S/C13H21N3O4S/c1-4-20-13(17)16-21(18,19)15-12-7-5-6-11(8-12)9-14-10(2)3/h5-8,10,14-15H,4,9H2,1-3H3,(H,16,17). The fraction of sp³-hybridized carbons (Fsp3) is 0.462. The zero-order valence-electron chi connectivity index (χ0n) is 12.3. The Morgan fingerprint density at radius 3 is 2.67 bits per heavy atom. The second kappa shape index (κ2) is 7.84. The Bertz CT molecular complexity index is 573. The van der Waals surface area contributed by atoms with E-state index in [9.17, 15) is 13.2 Å². The zero-order valence-corrected chi connectivity index (χ0v) is 13.2. The summed E-state index contributed by atoms with van der Waals surface area (Å²) in [5.74, 6) is 0. The molecule has 0 saturated heterocycles. The predicted octanol–water partition coefficient (Wildman–Crippen LogP) is 1.59. The van der Waals surface area contributed by atoms with Gasteiger partial charge < -0.3 is 10.1 Å². The molecule has 1 amide bonds. The van der Waals surface area contributed by atoms with E-state index in [-0.39, 0.29) is 6.61 Å². The number of rotatable bonds is 7. The van der Waals surface area contributed by atoms with Crippen molar-refractivity contribution in [2.45, 2.75) is 33.4 Å². The molecule has 21 heavy (non-hydrogen) atoms. The lowest BCUT2D eigenvalue weighted by Gasteiger charge is -2.11. The minimum Gasteiger partial charge on any atom is -0.449 e. The molecule has 1 rings (SSSR count). The van der Waals surface area contributed by atoms with Crippen molar-refractivity contribution in [1.82, 2.24) is 10.0 Å². The smallest absolute Gasteiger partial charge is 0.422 e. The van der Waals surface area contributed by atoms with Crippen LogP contribution in [0.15, 0.2) is 24.3 Å². The van der Waals surface area contributed by atoms with E-state index in [1.54, 1.807) is 29.8 Å². The number of amides is 1. The molecule has 0 spiro atoms. The Morgan fingerprint density at radius 1 is 1.33 bits per heavy atom. The Morgan fingerprint density at radius 2 is 2.05 bits per heavy atom. The van der Waals surface area contributed by atoms with Crippen molar-refractivity contribution in [1.29, 1.82) is 0 Å². The summed E-state index contributed by atoms with van der Waals surface area (Å²) < 4.78 is 32.0. The van der Waals surface area contributed by atoms with Gasteiger partial charge in [-0.3, -0.25) is 4.72 Å². The molecule has 0 aliphatic rings. The fourth-order valence-corrected chi connectivity index (χ4v) is 2.28. The molecule has 0 fully saturated rings. The topological polar surface area (TPSA) is 96.5 Å². The van der Waals surface area contributed by atoms with Gasteiger partial charge in [-0.2, -0.15) is 8.42 Å². The van der Waals surface area contributed by atoms with Gasteiger partial charge in [0, 0.05) is 12.6 Å². The van der Waals surface area contributed by atoms with E-state index in [4.69, 9.17) is 0 Å². The molecule has 118 valence electrons. The van der Waals surface area contributed by atoms with Crippen molar-refractivity contribution in [2.75, 3.05) is 11.3 Å². The van der Waals surface area contributed by atoms with Gasteiger partial charge in [-0.25, -0.2) is 9.52 Å². The van der Waals surface area contributed by atoms with Gasteiger partial charge in [0.1, 0.15) is 0 Å². The van der Waals surface area contributed by atoms with Crippen molar-refractivity contribution in [3.8, 4) is 0 Å². The number of carbonyl (C=O) groups excluding carboxylic acids is 1. The molecule has 0 heterocycles. The van der Waals surface area contributed by atoms with Crippen LogP contribution in [0.5, 0.6) is 0 Å². The van der Waals surface area contributed by atoms with Gasteiger partial charge in [0.2, 0.25) is 0 Å². The van der Waals surface area contributed by atoms with Gasteiger partial charge >= 0.3 is 16.3 Å². The average Bonchev–Trinajstić information content (AvgIpc) is 2.35. The van der Waals surface area contributed by atoms with Crippen LogP contribution in [0.4, 0.5) is 10.5 Å². The molecule has 7 nitrogen and oxygen atoms in total. The van der Waals surface area contributed by atoms with Crippen LogP contribution in [-0.4, -0.2) is 27.2 Å². The quantitative estimate of drug-likeness (QED) is 0.710. The number of nitrogens with one attached hydrogen (secondary N) is 3. The lowest BCUT2D eigenvalue weighted by atomic mass is 10.2. The lowest BCUT2D eigenvalue weighted by Crippen LogP contribution is -2.35. The summed E-state index contributed by atoms with van der Waals surface area (Å²) >= 11 is 0.